The van der Waals surface area contributed by atoms with E-state index in [2.05, 4.69) is 5.32 Å². The van der Waals surface area contributed by atoms with E-state index in [0.29, 0.717) is 18.1 Å². The van der Waals surface area contributed by atoms with Crippen molar-refractivity contribution in [2.24, 2.45) is 0 Å². The van der Waals surface area contributed by atoms with Crippen molar-refractivity contribution in [2.75, 3.05) is 20.1 Å². The number of carbonyl (C=O) groups is 1. The zero-order chi connectivity index (χ0) is 13.5. The second-order valence-corrected chi connectivity index (χ2v) is 4.77. The predicted molar refractivity (Wildman–Crippen MR) is 72.9 cm³/mol. The fourth-order valence-electron chi connectivity index (χ4n) is 1.58. The van der Waals surface area contributed by atoms with Crippen LogP contribution < -0.4 is 5.32 Å². The highest BCUT2D eigenvalue weighted by atomic mass is 35.5. The van der Waals surface area contributed by atoms with Crippen molar-refractivity contribution >= 4 is 17.6 Å². The van der Waals surface area contributed by atoms with Gasteiger partial charge in [0.25, 0.3) is 0 Å². The summed E-state index contributed by atoms with van der Waals surface area (Å²) in [5.74, 6) is 0. The molecule has 1 rings (SSSR count). The van der Waals surface area contributed by atoms with Gasteiger partial charge in [0.15, 0.2) is 0 Å². The first-order valence-electron chi connectivity index (χ1n) is 5.90. The molecule has 1 aromatic carbocycles. The minimum Gasteiger partial charge on any atom is -0.392 e. The van der Waals surface area contributed by atoms with Crippen LogP contribution in [0.5, 0.6) is 0 Å². The van der Waals surface area contributed by atoms with Gasteiger partial charge in [0.2, 0.25) is 0 Å². The van der Waals surface area contributed by atoms with Gasteiger partial charge in [0, 0.05) is 25.2 Å². The van der Waals surface area contributed by atoms with E-state index in [1.807, 2.05) is 24.3 Å². The lowest BCUT2D eigenvalue weighted by atomic mass is 10.1. The number of aliphatic hydroxyl groups is 1. The summed E-state index contributed by atoms with van der Waals surface area (Å²) >= 11 is 5.79. The number of benzene rings is 1. The average molecular weight is 271 g/mol. The van der Waals surface area contributed by atoms with E-state index in [-0.39, 0.29) is 6.03 Å². The number of urea groups is 1. The molecule has 1 aromatic rings. The Morgan fingerprint density at radius 2 is 2.06 bits per heavy atom. The van der Waals surface area contributed by atoms with Crippen LogP contribution in [-0.2, 0) is 6.42 Å². The largest absolute Gasteiger partial charge is 0.392 e. The Kier molecular flexibility index (Phi) is 5.95. The van der Waals surface area contributed by atoms with Gasteiger partial charge in [0.05, 0.1) is 6.10 Å². The molecule has 0 bridgehead atoms. The normalized spacial score (nSPS) is 12.0. The topological polar surface area (TPSA) is 52.6 Å². The fraction of sp³-hybridized carbons (Fsp3) is 0.462. The Hall–Kier alpha value is -1.26. The molecule has 0 heterocycles. The Labute approximate surface area is 113 Å². The number of nitrogens with zero attached hydrogens (tertiary/aromatic N) is 1. The summed E-state index contributed by atoms with van der Waals surface area (Å²) in [4.78, 5) is 13.1. The highest BCUT2D eigenvalue weighted by Crippen LogP contribution is 2.09. The van der Waals surface area contributed by atoms with Crippen molar-refractivity contribution in [3.63, 3.8) is 0 Å². The van der Waals surface area contributed by atoms with Crippen LogP contribution in [-0.4, -0.2) is 42.3 Å². The zero-order valence-corrected chi connectivity index (χ0v) is 11.4. The summed E-state index contributed by atoms with van der Waals surface area (Å²) in [5.41, 5.74) is 1.12. The lowest BCUT2D eigenvalue weighted by Gasteiger charge is -2.19. The molecule has 0 aliphatic heterocycles. The summed E-state index contributed by atoms with van der Waals surface area (Å²) in [6.45, 7) is 2.54. The molecule has 1 atom stereocenters. The molecule has 100 valence electrons. The fourth-order valence-corrected chi connectivity index (χ4v) is 1.71. The quantitative estimate of drug-likeness (QED) is 0.859. The summed E-state index contributed by atoms with van der Waals surface area (Å²) in [5, 5.41) is 12.7. The highest BCUT2D eigenvalue weighted by Gasteiger charge is 2.09. The number of rotatable bonds is 5. The van der Waals surface area contributed by atoms with E-state index in [1.54, 1.807) is 14.0 Å². The first kappa shape index (κ1) is 14.8. The van der Waals surface area contributed by atoms with Crippen molar-refractivity contribution in [1.29, 1.82) is 0 Å². The molecule has 5 heteroatoms. The molecular weight excluding hydrogens is 252 g/mol. The van der Waals surface area contributed by atoms with Crippen molar-refractivity contribution in [1.82, 2.24) is 10.2 Å². The number of amides is 2. The summed E-state index contributed by atoms with van der Waals surface area (Å²) in [6.07, 6.45) is 0.239. The molecule has 0 radical (unpaired) electrons. The second-order valence-electron chi connectivity index (χ2n) is 4.34. The lowest BCUT2D eigenvalue weighted by molar-refractivity contribution is 0.144. The SMILES string of the molecule is CC(O)CN(C)C(=O)NCCc1ccc(Cl)cc1. The Morgan fingerprint density at radius 3 is 2.61 bits per heavy atom. The summed E-state index contributed by atoms with van der Waals surface area (Å²) in [7, 11) is 1.66. The van der Waals surface area contributed by atoms with Crippen LogP contribution in [0.2, 0.25) is 5.02 Å². The number of likely N-dealkylation sites (N-methyl/N-ethyl adjacent to an activating group) is 1. The summed E-state index contributed by atoms with van der Waals surface area (Å²) in [6, 6.07) is 7.36. The Bertz CT molecular complexity index is 379. The van der Waals surface area contributed by atoms with E-state index in [1.165, 1.54) is 4.90 Å². The van der Waals surface area contributed by atoms with Crippen molar-refractivity contribution < 1.29 is 9.90 Å². The molecule has 2 N–H and O–H groups in total. The maximum Gasteiger partial charge on any atom is 0.317 e. The molecule has 4 nitrogen and oxygen atoms in total. The van der Waals surface area contributed by atoms with Crippen LogP contribution >= 0.6 is 11.6 Å². The maximum atomic E-state index is 11.6. The van der Waals surface area contributed by atoms with Crippen molar-refractivity contribution in [3.05, 3.63) is 34.9 Å². The number of halogens is 1. The molecule has 0 aromatic heterocycles. The zero-order valence-electron chi connectivity index (χ0n) is 10.7. The van der Waals surface area contributed by atoms with Crippen LogP contribution in [0.3, 0.4) is 0 Å². The standard InChI is InChI=1S/C13H19ClN2O2/c1-10(17)9-16(2)13(18)15-8-7-11-3-5-12(14)6-4-11/h3-6,10,17H,7-9H2,1-2H3,(H,15,18). The molecular formula is C13H19ClN2O2. The number of nitrogens with one attached hydrogen (secondary N) is 1. The first-order valence-corrected chi connectivity index (χ1v) is 6.28. The molecule has 0 saturated carbocycles. The van der Waals surface area contributed by atoms with Crippen LogP contribution in [0.1, 0.15) is 12.5 Å². The Morgan fingerprint density at radius 1 is 1.44 bits per heavy atom. The van der Waals surface area contributed by atoms with Gasteiger partial charge < -0.3 is 15.3 Å². The van der Waals surface area contributed by atoms with Gasteiger partial charge in [-0.2, -0.15) is 0 Å². The minimum atomic E-state index is -0.517. The number of carbonyl (C=O) groups excluding carboxylic acids is 1. The molecule has 0 fully saturated rings. The van der Waals surface area contributed by atoms with Gasteiger partial charge in [-0.05, 0) is 31.0 Å². The molecule has 0 saturated heterocycles. The predicted octanol–water partition coefficient (Wildman–Crippen LogP) is 1.90. The average Bonchev–Trinajstić information content (AvgIpc) is 2.30. The maximum absolute atomic E-state index is 11.6. The number of hydrogen-bond donors (Lipinski definition) is 2. The third kappa shape index (κ3) is 5.38. The van der Waals surface area contributed by atoms with Gasteiger partial charge in [-0.25, -0.2) is 4.79 Å². The van der Waals surface area contributed by atoms with Gasteiger partial charge in [-0.15, -0.1) is 0 Å². The Balaban J connectivity index is 2.29. The van der Waals surface area contributed by atoms with Gasteiger partial charge in [-0.1, -0.05) is 23.7 Å². The molecule has 18 heavy (non-hydrogen) atoms. The smallest absolute Gasteiger partial charge is 0.317 e. The monoisotopic (exact) mass is 270 g/mol. The van der Waals surface area contributed by atoms with Crippen molar-refractivity contribution in [3.8, 4) is 0 Å². The van der Waals surface area contributed by atoms with E-state index in [9.17, 15) is 4.79 Å². The van der Waals surface area contributed by atoms with Crippen LogP contribution in [0, 0.1) is 0 Å². The van der Waals surface area contributed by atoms with Crippen LogP contribution in [0.25, 0.3) is 0 Å². The van der Waals surface area contributed by atoms with Crippen LogP contribution in [0.15, 0.2) is 24.3 Å². The van der Waals surface area contributed by atoms with Gasteiger partial charge >= 0.3 is 6.03 Å². The van der Waals surface area contributed by atoms with Gasteiger partial charge in [0.1, 0.15) is 0 Å². The lowest BCUT2D eigenvalue weighted by Crippen LogP contribution is -2.41. The van der Waals surface area contributed by atoms with E-state index in [4.69, 9.17) is 16.7 Å². The van der Waals surface area contributed by atoms with Gasteiger partial charge in [-0.3, -0.25) is 0 Å². The number of hydrogen-bond acceptors (Lipinski definition) is 2. The molecule has 2 amide bonds. The van der Waals surface area contributed by atoms with Crippen molar-refractivity contribution in [2.45, 2.75) is 19.4 Å². The number of aliphatic hydroxyl groups excluding tert-OH is 1. The first-order chi connectivity index (χ1) is 8.49. The molecule has 0 aliphatic carbocycles. The second kappa shape index (κ2) is 7.24. The highest BCUT2D eigenvalue weighted by molar-refractivity contribution is 6.30. The van der Waals surface area contributed by atoms with E-state index in [0.717, 1.165) is 12.0 Å². The molecule has 0 aliphatic rings. The van der Waals surface area contributed by atoms with Crippen LogP contribution in [0.4, 0.5) is 4.79 Å². The molecule has 0 spiro atoms. The minimum absolute atomic E-state index is 0.176. The molecule has 1 unspecified atom stereocenters. The third-order valence-corrected chi connectivity index (χ3v) is 2.74. The van der Waals surface area contributed by atoms with E-state index < -0.39 is 6.10 Å². The van der Waals surface area contributed by atoms with E-state index >= 15 is 0 Å². The third-order valence-electron chi connectivity index (χ3n) is 2.49. The summed E-state index contributed by atoms with van der Waals surface area (Å²) < 4.78 is 0.